The minimum Gasteiger partial charge on any atom is -0.476 e. The standard InChI is InChI=1S/C14H17N5O2/c20-14(21)12-13(11-3-6-15-7-4-11)19(18-17-12)9-10-2-1-5-16-8-10/h1-2,5,8,11,15H,3-4,6-7,9H2,(H,20,21). The van der Waals surface area contributed by atoms with E-state index in [1.807, 2.05) is 12.1 Å². The molecule has 2 aromatic heterocycles. The highest BCUT2D eigenvalue weighted by molar-refractivity contribution is 5.86. The summed E-state index contributed by atoms with van der Waals surface area (Å²) in [6.45, 7) is 2.27. The highest BCUT2D eigenvalue weighted by Crippen LogP contribution is 2.27. The van der Waals surface area contributed by atoms with Gasteiger partial charge in [0.25, 0.3) is 0 Å². The van der Waals surface area contributed by atoms with Gasteiger partial charge in [0.1, 0.15) is 0 Å². The average Bonchev–Trinajstić information content (AvgIpc) is 2.93. The van der Waals surface area contributed by atoms with Crippen molar-refractivity contribution in [2.24, 2.45) is 0 Å². The predicted octanol–water partition coefficient (Wildman–Crippen LogP) is 0.887. The first kappa shape index (κ1) is 13.7. The van der Waals surface area contributed by atoms with Gasteiger partial charge in [0.15, 0.2) is 5.69 Å². The van der Waals surface area contributed by atoms with Crippen LogP contribution < -0.4 is 5.32 Å². The van der Waals surface area contributed by atoms with E-state index in [4.69, 9.17) is 0 Å². The number of nitrogens with zero attached hydrogens (tertiary/aromatic N) is 4. The van der Waals surface area contributed by atoms with Gasteiger partial charge in [-0.05, 0) is 37.6 Å². The van der Waals surface area contributed by atoms with Gasteiger partial charge in [-0.15, -0.1) is 5.10 Å². The van der Waals surface area contributed by atoms with E-state index in [-0.39, 0.29) is 11.6 Å². The summed E-state index contributed by atoms with van der Waals surface area (Å²) in [5, 5.41) is 20.5. The number of carboxylic acids is 1. The Kier molecular flexibility index (Phi) is 3.92. The molecule has 0 saturated carbocycles. The molecular formula is C14H17N5O2. The van der Waals surface area contributed by atoms with Crippen molar-refractivity contribution >= 4 is 5.97 Å². The van der Waals surface area contributed by atoms with Gasteiger partial charge in [0, 0.05) is 18.3 Å². The third-order valence-electron chi connectivity index (χ3n) is 3.76. The van der Waals surface area contributed by atoms with Crippen LogP contribution in [0.1, 0.15) is 40.5 Å². The van der Waals surface area contributed by atoms with Gasteiger partial charge in [-0.25, -0.2) is 9.48 Å². The first-order valence-corrected chi connectivity index (χ1v) is 7.02. The minimum atomic E-state index is -1.01. The molecule has 3 rings (SSSR count). The van der Waals surface area contributed by atoms with E-state index in [0.29, 0.717) is 6.54 Å². The Morgan fingerprint density at radius 2 is 2.24 bits per heavy atom. The van der Waals surface area contributed by atoms with Crippen molar-refractivity contribution in [2.75, 3.05) is 13.1 Å². The molecule has 0 aliphatic carbocycles. The van der Waals surface area contributed by atoms with Crippen LogP contribution >= 0.6 is 0 Å². The molecule has 7 heteroatoms. The summed E-state index contributed by atoms with van der Waals surface area (Å²) < 4.78 is 1.70. The molecule has 110 valence electrons. The summed E-state index contributed by atoms with van der Waals surface area (Å²) >= 11 is 0. The predicted molar refractivity (Wildman–Crippen MR) is 75.2 cm³/mol. The van der Waals surface area contributed by atoms with E-state index in [0.717, 1.165) is 37.2 Å². The first-order chi connectivity index (χ1) is 10.3. The molecule has 0 amide bonds. The monoisotopic (exact) mass is 287 g/mol. The van der Waals surface area contributed by atoms with Crippen LogP contribution in [-0.4, -0.2) is 44.1 Å². The zero-order valence-corrected chi connectivity index (χ0v) is 11.6. The zero-order chi connectivity index (χ0) is 14.7. The normalized spacial score (nSPS) is 16.0. The van der Waals surface area contributed by atoms with Crippen LogP contribution in [0.25, 0.3) is 0 Å². The van der Waals surface area contributed by atoms with Crippen LogP contribution in [0, 0.1) is 0 Å². The van der Waals surface area contributed by atoms with E-state index in [2.05, 4.69) is 20.6 Å². The summed E-state index contributed by atoms with van der Waals surface area (Å²) in [6.07, 6.45) is 5.27. The number of nitrogens with one attached hydrogen (secondary N) is 1. The Bertz CT molecular complexity index is 620. The average molecular weight is 287 g/mol. The molecule has 7 nitrogen and oxygen atoms in total. The Morgan fingerprint density at radius 3 is 2.90 bits per heavy atom. The van der Waals surface area contributed by atoms with E-state index >= 15 is 0 Å². The van der Waals surface area contributed by atoms with Crippen LogP contribution in [0.3, 0.4) is 0 Å². The van der Waals surface area contributed by atoms with Crippen LogP contribution in [0.5, 0.6) is 0 Å². The van der Waals surface area contributed by atoms with Gasteiger partial charge in [-0.1, -0.05) is 11.3 Å². The number of rotatable bonds is 4. The number of hydrogen-bond donors (Lipinski definition) is 2. The van der Waals surface area contributed by atoms with Crippen molar-refractivity contribution < 1.29 is 9.90 Å². The highest BCUT2D eigenvalue weighted by Gasteiger charge is 2.27. The fraction of sp³-hybridized carbons (Fsp3) is 0.429. The SMILES string of the molecule is O=C(O)c1nnn(Cc2cccnc2)c1C1CCNCC1. The molecule has 0 unspecified atom stereocenters. The number of pyridine rings is 1. The molecule has 1 aliphatic heterocycles. The number of carboxylic acid groups (broad SMARTS) is 1. The summed E-state index contributed by atoms with van der Waals surface area (Å²) in [5.41, 5.74) is 1.79. The zero-order valence-electron chi connectivity index (χ0n) is 11.6. The lowest BCUT2D eigenvalue weighted by Gasteiger charge is -2.23. The third-order valence-corrected chi connectivity index (χ3v) is 3.76. The van der Waals surface area contributed by atoms with Crippen molar-refractivity contribution in [1.82, 2.24) is 25.3 Å². The number of aromatic nitrogens is 4. The van der Waals surface area contributed by atoms with Gasteiger partial charge < -0.3 is 10.4 Å². The Hall–Kier alpha value is -2.28. The highest BCUT2D eigenvalue weighted by atomic mass is 16.4. The van der Waals surface area contributed by atoms with Crippen molar-refractivity contribution in [3.8, 4) is 0 Å². The van der Waals surface area contributed by atoms with Gasteiger partial charge >= 0.3 is 5.97 Å². The van der Waals surface area contributed by atoms with Crippen LogP contribution in [-0.2, 0) is 6.54 Å². The second-order valence-electron chi connectivity index (χ2n) is 5.17. The van der Waals surface area contributed by atoms with E-state index < -0.39 is 5.97 Å². The maximum Gasteiger partial charge on any atom is 0.358 e. The number of carbonyl (C=O) groups is 1. The molecule has 21 heavy (non-hydrogen) atoms. The van der Waals surface area contributed by atoms with Crippen LogP contribution in [0.4, 0.5) is 0 Å². The summed E-state index contributed by atoms with van der Waals surface area (Å²) in [6, 6.07) is 3.80. The molecular weight excluding hydrogens is 270 g/mol. The Labute approximate surface area is 122 Å². The van der Waals surface area contributed by atoms with Crippen LogP contribution in [0.15, 0.2) is 24.5 Å². The van der Waals surface area contributed by atoms with E-state index in [9.17, 15) is 9.90 Å². The van der Waals surface area contributed by atoms with Crippen molar-refractivity contribution in [1.29, 1.82) is 0 Å². The van der Waals surface area contributed by atoms with Gasteiger partial charge in [0.2, 0.25) is 0 Å². The maximum absolute atomic E-state index is 11.4. The van der Waals surface area contributed by atoms with Crippen molar-refractivity contribution in [3.63, 3.8) is 0 Å². The molecule has 2 N–H and O–H groups in total. The molecule has 3 heterocycles. The largest absolute Gasteiger partial charge is 0.476 e. The third kappa shape index (κ3) is 2.92. The second-order valence-corrected chi connectivity index (χ2v) is 5.17. The first-order valence-electron chi connectivity index (χ1n) is 7.02. The van der Waals surface area contributed by atoms with E-state index in [1.165, 1.54) is 0 Å². The molecule has 0 spiro atoms. The molecule has 0 aromatic carbocycles. The summed E-state index contributed by atoms with van der Waals surface area (Å²) in [7, 11) is 0. The van der Waals surface area contributed by atoms with Gasteiger partial charge in [-0.2, -0.15) is 0 Å². The van der Waals surface area contributed by atoms with Crippen molar-refractivity contribution in [2.45, 2.75) is 25.3 Å². The summed E-state index contributed by atoms with van der Waals surface area (Å²) in [4.78, 5) is 15.5. The fourth-order valence-corrected chi connectivity index (χ4v) is 2.75. The maximum atomic E-state index is 11.4. The lowest BCUT2D eigenvalue weighted by molar-refractivity contribution is 0.0688. The molecule has 1 fully saturated rings. The smallest absolute Gasteiger partial charge is 0.358 e. The Balaban J connectivity index is 1.94. The fourth-order valence-electron chi connectivity index (χ4n) is 2.75. The summed E-state index contributed by atoms with van der Waals surface area (Å²) in [5.74, 6) is -0.829. The van der Waals surface area contributed by atoms with Gasteiger partial charge in [0.05, 0.1) is 12.2 Å². The van der Waals surface area contributed by atoms with E-state index in [1.54, 1.807) is 17.1 Å². The lowest BCUT2D eigenvalue weighted by Crippen LogP contribution is -2.28. The number of piperidine rings is 1. The van der Waals surface area contributed by atoms with Gasteiger partial charge in [-0.3, -0.25) is 4.98 Å². The molecule has 0 bridgehead atoms. The quantitative estimate of drug-likeness (QED) is 0.867. The second kappa shape index (κ2) is 6.01. The molecule has 0 atom stereocenters. The minimum absolute atomic E-state index is 0.0748. The molecule has 2 aromatic rings. The molecule has 1 aliphatic rings. The van der Waals surface area contributed by atoms with Crippen LogP contribution in [0.2, 0.25) is 0 Å². The Morgan fingerprint density at radius 1 is 1.43 bits per heavy atom. The topological polar surface area (TPSA) is 92.9 Å². The van der Waals surface area contributed by atoms with Crippen molar-refractivity contribution in [3.05, 3.63) is 41.5 Å². The molecule has 0 radical (unpaired) electrons. The lowest BCUT2D eigenvalue weighted by atomic mass is 9.93. The number of hydrogen-bond acceptors (Lipinski definition) is 5. The molecule has 1 saturated heterocycles. The number of aromatic carboxylic acids is 1.